The van der Waals surface area contributed by atoms with Crippen molar-refractivity contribution in [2.24, 2.45) is 0 Å². The first-order valence-electron chi connectivity index (χ1n) is 12.1. The van der Waals surface area contributed by atoms with E-state index in [9.17, 15) is 13.0 Å². The normalized spacial score (nSPS) is 19.9. The summed E-state index contributed by atoms with van der Waals surface area (Å²) >= 11 is 0. The number of fused-ring (bicyclic) bond motifs is 2. The van der Waals surface area contributed by atoms with Crippen molar-refractivity contribution >= 4 is 10.1 Å². The zero-order valence-corrected chi connectivity index (χ0v) is 22.4. The summed E-state index contributed by atoms with van der Waals surface area (Å²) in [5, 5.41) is 0. The molecule has 1 atom stereocenters. The van der Waals surface area contributed by atoms with Gasteiger partial charge in [-0.2, -0.15) is 0 Å². The minimum Gasteiger partial charge on any atom is -0.746 e. The van der Waals surface area contributed by atoms with Crippen molar-refractivity contribution in [3.8, 4) is 0 Å². The first kappa shape index (κ1) is 28.2. The zero-order valence-electron chi connectivity index (χ0n) is 19.5. The van der Waals surface area contributed by atoms with Crippen LogP contribution in [0.5, 0.6) is 0 Å². The maximum atomic E-state index is 11.7. The van der Waals surface area contributed by atoms with Crippen LogP contribution in [0.3, 0.4) is 0 Å². The van der Waals surface area contributed by atoms with Crippen LogP contribution in [0.2, 0.25) is 0 Å². The number of hydrogen-bond donors (Lipinski definition) is 0. The maximum Gasteiger partial charge on any atom is 1.00 e. The molecule has 0 radical (unpaired) electrons. The van der Waals surface area contributed by atoms with E-state index in [1.165, 1.54) is 89.9 Å². The molecule has 0 saturated carbocycles. The molecule has 0 spiro atoms. The largest absolute Gasteiger partial charge is 1.00 e. The van der Waals surface area contributed by atoms with Gasteiger partial charge in [-0.05, 0) is 18.6 Å². The van der Waals surface area contributed by atoms with Crippen molar-refractivity contribution in [2.45, 2.75) is 121 Å². The van der Waals surface area contributed by atoms with Crippen LogP contribution >= 0.6 is 0 Å². The first-order chi connectivity index (χ1) is 14.0. The molecule has 0 aromatic heterocycles. The summed E-state index contributed by atoms with van der Waals surface area (Å²) in [5.74, 6) is 0. The summed E-state index contributed by atoms with van der Waals surface area (Å²) in [5.41, 5.74) is 0.908. The predicted octanol–water partition coefficient (Wildman–Crippen LogP) is 3.65. The molecule has 4 nitrogen and oxygen atoms in total. The van der Waals surface area contributed by atoms with Gasteiger partial charge in [0.2, 0.25) is 0 Å². The van der Waals surface area contributed by atoms with Gasteiger partial charge in [-0.3, -0.25) is 0 Å². The van der Waals surface area contributed by atoms with Crippen LogP contribution < -0.4 is 29.6 Å². The third-order valence-corrected chi connectivity index (χ3v) is 7.94. The Morgan fingerprint density at radius 2 is 1.27 bits per heavy atom. The molecule has 0 aromatic rings. The van der Waals surface area contributed by atoms with Gasteiger partial charge in [0.1, 0.15) is 10.1 Å². The van der Waals surface area contributed by atoms with Crippen molar-refractivity contribution < 1.29 is 42.5 Å². The van der Waals surface area contributed by atoms with E-state index in [-0.39, 0.29) is 29.6 Å². The number of hydrogen-bond acceptors (Lipinski definition) is 4. The van der Waals surface area contributed by atoms with E-state index in [0.717, 1.165) is 18.5 Å². The van der Waals surface area contributed by atoms with Crippen LogP contribution in [0.25, 0.3) is 0 Å². The van der Waals surface area contributed by atoms with Gasteiger partial charge >= 0.3 is 29.6 Å². The van der Waals surface area contributed by atoms with Crippen LogP contribution in [0, 0.1) is 0 Å². The molecular formula is C24H42NNaO3S. The molecule has 1 unspecified atom stereocenters. The average molecular weight is 448 g/mol. The van der Waals surface area contributed by atoms with E-state index in [4.69, 9.17) is 0 Å². The molecule has 2 aliphatic rings. The minimum absolute atomic E-state index is 0. The smallest absolute Gasteiger partial charge is 0.746 e. The second-order valence-corrected chi connectivity index (χ2v) is 10.5. The summed E-state index contributed by atoms with van der Waals surface area (Å²) in [4.78, 5) is 0.483. The molecule has 2 heterocycles. The van der Waals surface area contributed by atoms with Gasteiger partial charge < -0.3 is 9.45 Å². The third kappa shape index (κ3) is 8.61. The monoisotopic (exact) mass is 447 g/mol. The number of rotatable bonds is 18. The van der Waals surface area contributed by atoms with Crippen molar-refractivity contribution in [3.05, 3.63) is 23.9 Å². The second-order valence-electron chi connectivity index (χ2n) is 8.92. The van der Waals surface area contributed by atoms with E-state index < -0.39 is 15.0 Å². The fourth-order valence-corrected chi connectivity index (χ4v) is 5.67. The fourth-order valence-electron chi connectivity index (χ4n) is 4.68. The van der Waals surface area contributed by atoms with Gasteiger partial charge in [0, 0.05) is 18.7 Å². The summed E-state index contributed by atoms with van der Waals surface area (Å²) in [6, 6.07) is 0. The maximum absolute atomic E-state index is 11.7. The van der Waals surface area contributed by atoms with Crippen LogP contribution in [0.1, 0.15) is 116 Å². The molecule has 2 bridgehead atoms. The van der Waals surface area contributed by atoms with Crippen LogP contribution in [0.4, 0.5) is 0 Å². The Morgan fingerprint density at radius 3 is 1.63 bits per heavy atom. The van der Waals surface area contributed by atoms with Gasteiger partial charge in [0.05, 0.1) is 0 Å². The Bertz CT molecular complexity index is 632. The molecule has 168 valence electrons. The zero-order chi connectivity index (χ0) is 21.0. The Hall–Kier alpha value is 0.190. The quantitative estimate of drug-likeness (QED) is 0.183. The van der Waals surface area contributed by atoms with E-state index >= 15 is 0 Å². The average Bonchev–Trinajstić information content (AvgIpc) is 3.23. The Labute approximate surface area is 208 Å². The van der Waals surface area contributed by atoms with Gasteiger partial charge in [-0.1, -0.05) is 109 Å². The van der Waals surface area contributed by atoms with E-state index in [1.54, 1.807) is 17.1 Å². The molecule has 0 aromatic carbocycles. The summed E-state index contributed by atoms with van der Waals surface area (Å²) in [6.45, 7) is 2.94. The summed E-state index contributed by atoms with van der Waals surface area (Å²) in [6.07, 6.45) is 26.7. The molecule has 2 aliphatic heterocycles. The molecule has 0 amide bonds. The van der Waals surface area contributed by atoms with Crippen molar-refractivity contribution in [2.75, 3.05) is 6.54 Å². The second kappa shape index (κ2) is 15.1. The third-order valence-electron chi connectivity index (χ3n) is 6.55. The van der Waals surface area contributed by atoms with Crippen LogP contribution in [0.15, 0.2) is 23.9 Å². The van der Waals surface area contributed by atoms with Crippen LogP contribution in [-0.2, 0) is 10.1 Å². The Balaban J connectivity index is 0.00000450. The first-order valence-corrected chi connectivity index (χ1v) is 13.5. The predicted molar refractivity (Wildman–Crippen MR) is 121 cm³/mol. The van der Waals surface area contributed by atoms with Gasteiger partial charge in [-0.25, -0.2) is 8.42 Å². The summed E-state index contributed by atoms with van der Waals surface area (Å²) < 4.78 is 35.1. The van der Waals surface area contributed by atoms with Gasteiger partial charge in [-0.15, -0.1) is 0 Å². The van der Waals surface area contributed by atoms with Crippen molar-refractivity contribution in [1.82, 2.24) is 4.90 Å². The van der Waals surface area contributed by atoms with Crippen LogP contribution in [-0.4, -0.2) is 29.3 Å². The van der Waals surface area contributed by atoms with E-state index in [0.29, 0.717) is 13.0 Å². The minimum atomic E-state index is -4.36. The Kier molecular flexibility index (Phi) is 14.2. The molecule has 0 N–H and O–H groups in total. The van der Waals surface area contributed by atoms with Crippen molar-refractivity contribution in [1.29, 1.82) is 0 Å². The fraction of sp³-hybridized carbons (Fsp3) is 0.833. The molecule has 0 aliphatic carbocycles. The van der Waals surface area contributed by atoms with Crippen molar-refractivity contribution in [3.63, 3.8) is 0 Å². The number of unbranched alkanes of at least 4 members (excludes halogenated alkanes) is 15. The Morgan fingerprint density at radius 1 is 0.833 bits per heavy atom. The van der Waals surface area contributed by atoms with Gasteiger partial charge in [0.15, 0.2) is 4.87 Å². The van der Waals surface area contributed by atoms with E-state index in [1.807, 2.05) is 6.08 Å². The summed E-state index contributed by atoms with van der Waals surface area (Å²) in [7, 11) is -4.36. The van der Waals surface area contributed by atoms with Gasteiger partial charge in [0.25, 0.3) is 0 Å². The molecule has 0 saturated heterocycles. The topological polar surface area (TPSA) is 60.4 Å². The SMILES string of the molecule is CCCCCCCCCCCCCCCCCCN1C2=CCC1(S(=O)(=O)[O-])C=C2.[Na+]. The molecule has 30 heavy (non-hydrogen) atoms. The molecular weight excluding hydrogens is 405 g/mol. The van der Waals surface area contributed by atoms with E-state index in [2.05, 4.69) is 6.92 Å². The number of nitrogens with zero attached hydrogens (tertiary/aromatic N) is 1. The molecule has 6 heteroatoms. The molecule has 0 fully saturated rings. The molecule has 2 rings (SSSR count). The number of allylic oxidation sites excluding steroid dienone is 1. The standard InChI is InChI=1S/C24H43NO3S.Na/c1-2-3-4-5-6-7-8-9-10-11-12-13-14-15-16-17-22-25-23-18-20-24(25,21-19-23)29(26,27)28;/h18-20H,2-17,21-22H2,1H3,(H,26,27,28);/q;+1/p-1.